The number of hydrogen-bond acceptors (Lipinski definition) is 4. The van der Waals surface area contributed by atoms with Crippen LogP contribution in [0.1, 0.15) is 27.5 Å². The number of ether oxygens (including phenoxy) is 1. The minimum Gasteiger partial charge on any atom is -0.379 e. The van der Waals surface area contributed by atoms with E-state index in [0.717, 1.165) is 44.1 Å². The normalized spacial score (nSPS) is 15.8. The SMILES string of the molecule is Cc1ccc(C(CN2CCOCC2)NC(=O)c2cnn(-c3ccccc3)c2)cc1. The molecule has 150 valence electrons. The molecule has 1 fully saturated rings. The average Bonchev–Trinajstić information content (AvgIpc) is 3.26. The van der Waals surface area contributed by atoms with Crippen LogP contribution >= 0.6 is 0 Å². The Hall–Kier alpha value is -2.96. The number of carbonyl (C=O) groups excluding carboxylic acids is 1. The third-order valence-corrected chi connectivity index (χ3v) is 5.20. The Morgan fingerprint density at radius 3 is 2.55 bits per heavy atom. The van der Waals surface area contributed by atoms with Crippen LogP contribution in [0, 0.1) is 6.92 Å². The average molecular weight is 390 g/mol. The van der Waals surface area contributed by atoms with Gasteiger partial charge in [0.05, 0.1) is 36.7 Å². The highest BCUT2D eigenvalue weighted by Crippen LogP contribution is 2.18. The number of amides is 1. The van der Waals surface area contributed by atoms with Gasteiger partial charge in [-0.15, -0.1) is 0 Å². The molecule has 1 unspecified atom stereocenters. The van der Waals surface area contributed by atoms with E-state index in [9.17, 15) is 4.79 Å². The zero-order chi connectivity index (χ0) is 20.1. The molecule has 4 rings (SSSR count). The van der Waals surface area contributed by atoms with Gasteiger partial charge in [-0.1, -0.05) is 48.0 Å². The van der Waals surface area contributed by atoms with Crippen molar-refractivity contribution in [2.75, 3.05) is 32.8 Å². The Labute approximate surface area is 171 Å². The van der Waals surface area contributed by atoms with E-state index in [1.54, 1.807) is 17.1 Å². The van der Waals surface area contributed by atoms with Crippen molar-refractivity contribution in [3.05, 3.63) is 83.7 Å². The van der Waals surface area contributed by atoms with Crippen LogP contribution in [-0.4, -0.2) is 53.4 Å². The van der Waals surface area contributed by atoms with Crippen molar-refractivity contribution in [3.8, 4) is 5.69 Å². The van der Waals surface area contributed by atoms with Crippen LogP contribution in [0.5, 0.6) is 0 Å². The molecule has 1 aliphatic heterocycles. The second kappa shape index (κ2) is 9.03. The van der Waals surface area contributed by atoms with Crippen LogP contribution in [0.4, 0.5) is 0 Å². The molecular weight excluding hydrogens is 364 g/mol. The van der Waals surface area contributed by atoms with Crippen molar-refractivity contribution in [3.63, 3.8) is 0 Å². The first-order chi connectivity index (χ1) is 14.2. The lowest BCUT2D eigenvalue weighted by Gasteiger charge is -2.31. The fourth-order valence-corrected chi connectivity index (χ4v) is 3.48. The third-order valence-electron chi connectivity index (χ3n) is 5.20. The highest BCUT2D eigenvalue weighted by molar-refractivity contribution is 5.94. The van der Waals surface area contributed by atoms with E-state index in [0.29, 0.717) is 5.56 Å². The lowest BCUT2D eigenvalue weighted by molar-refractivity contribution is 0.0332. The molecule has 2 aromatic carbocycles. The molecule has 0 saturated carbocycles. The second-order valence-electron chi connectivity index (χ2n) is 7.36. The Morgan fingerprint density at radius 2 is 1.83 bits per heavy atom. The largest absolute Gasteiger partial charge is 0.379 e. The Morgan fingerprint density at radius 1 is 1.10 bits per heavy atom. The van der Waals surface area contributed by atoms with Crippen LogP contribution in [0.15, 0.2) is 67.0 Å². The molecule has 0 spiro atoms. The molecule has 29 heavy (non-hydrogen) atoms. The van der Waals surface area contributed by atoms with Gasteiger partial charge in [0.15, 0.2) is 0 Å². The first-order valence-electron chi connectivity index (χ1n) is 9.97. The number of carbonyl (C=O) groups is 1. The molecule has 1 amide bonds. The van der Waals surface area contributed by atoms with Crippen molar-refractivity contribution in [2.45, 2.75) is 13.0 Å². The third kappa shape index (κ3) is 4.91. The van der Waals surface area contributed by atoms with E-state index >= 15 is 0 Å². The molecule has 1 aliphatic rings. The van der Waals surface area contributed by atoms with Crippen molar-refractivity contribution in [1.29, 1.82) is 0 Å². The van der Waals surface area contributed by atoms with E-state index in [1.165, 1.54) is 5.56 Å². The molecule has 0 aliphatic carbocycles. The van der Waals surface area contributed by atoms with Gasteiger partial charge in [0.1, 0.15) is 0 Å². The number of rotatable bonds is 6. The highest BCUT2D eigenvalue weighted by atomic mass is 16.5. The van der Waals surface area contributed by atoms with E-state index in [4.69, 9.17) is 4.74 Å². The van der Waals surface area contributed by atoms with E-state index in [1.807, 2.05) is 30.3 Å². The summed E-state index contributed by atoms with van der Waals surface area (Å²) in [6.45, 7) is 6.05. The highest BCUT2D eigenvalue weighted by Gasteiger charge is 2.21. The van der Waals surface area contributed by atoms with Gasteiger partial charge in [0.2, 0.25) is 0 Å². The Balaban J connectivity index is 1.51. The van der Waals surface area contributed by atoms with Crippen LogP contribution in [0.25, 0.3) is 5.69 Å². The van der Waals surface area contributed by atoms with Crippen LogP contribution < -0.4 is 5.32 Å². The second-order valence-corrected chi connectivity index (χ2v) is 7.36. The number of nitrogens with zero attached hydrogens (tertiary/aromatic N) is 3. The molecule has 1 saturated heterocycles. The van der Waals surface area contributed by atoms with Gasteiger partial charge in [-0.05, 0) is 24.6 Å². The molecule has 6 nitrogen and oxygen atoms in total. The summed E-state index contributed by atoms with van der Waals surface area (Å²) in [7, 11) is 0. The number of benzene rings is 2. The van der Waals surface area contributed by atoms with Crippen LogP contribution in [0.3, 0.4) is 0 Å². The smallest absolute Gasteiger partial charge is 0.255 e. The van der Waals surface area contributed by atoms with E-state index in [-0.39, 0.29) is 11.9 Å². The maximum atomic E-state index is 13.0. The molecule has 1 aromatic heterocycles. The number of para-hydroxylation sites is 1. The molecule has 1 N–H and O–H groups in total. The quantitative estimate of drug-likeness (QED) is 0.703. The first kappa shape index (κ1) is 19.4. The predicted molar refractivity (Wildman–Crippen MR) is 112 cm³/mol. The summed E-state index contributed by atoms with van der Waals surface area (Å²) in [6, 6.07) is 18.0. The minimum atomic E-state index is -0.119. The van der Waals surface area contributed by atoms with Crippen molar-refractivity contribution >= 4 is 5.91 Å². The first-order valence-corrected chi connectivity index (χ1v) is 9.97. The molecule has 1 atom stereocenters. The van der Waals surface area contributed by atoms with Gasteiger partial charge < -0.3 is 10.1 Å². The number of morpholine rings is 1. The molecule has 2 heterocycles. The lowest BCUT2D eigenvalue weighted by Crippen LogP contribution is -2.43. The summed E-state index contributed by atoms with van der Waals surface area (Å²) in [4.78, 5) is 15.3. The fraction of sp³-hybridized carbons (Fsp3) is 0.304. The Kier molecular flexibility index (Phi) is 6.03. The summed E-state index contributed by atoms with van der Waals surface area (Å²) < 4.78 is 7.18. The number of hydrogen-bond donors (Lipinski definition) is 1. The number of aromatic nitrogens is 2. The predicted octanol–water partition coefficient (Wildman–Crippen LogP) is 2.98. The van der Waals surface area contributed by atoms with Gasteiger partial charge in [0, 0.05) is 25.8 Å². The number of nitrogens with one attached hydrogen (secondary N) is 1. The molecular formula is C23H26N4O2. The lowest BCUT2D eigenvalue weighted by atomic mass is 10.0. The topological polar surface area (TPSA) is 59.4 Å². The van der Waals surface area contributed by atoms with Crippen LogP contribution in [0.2, 0.25) is 0 Å². The summed E-state index contributed by atoms with van der Waals surface area (Å²) in [5.74, 6) is -0.119. The fourth-order valence-electron chi connectivity index (χ4n) is 3.48. The summed E-state index contributed by atoms with van der Waals surface area (Å²) in [6.07, 6.45) is 3.38. The van der Waals surface area contributed by atoms with Gasteiger partial charge in [-0.3, -0.25) is 9.69 Å². The number of aryl methyl sites for hydroxylation is 1. The molecule has 0 bridgehead atoms. The zero-order valence-corrected chi connectivity index (χ0v) is 16.6. The van der Waals surface area contributed by atoms with Gasteiger partial charge >= 0.3 is 0 Å². The van der Waals surface area contributed by atoms with Gasteiger partial charge in [0.25, 0.3) is 5.91 Å². The summed E-state index contributed by atoms with van der Waals surface area (Å²) in [5.41, 5.74) is 3.78. The molecule has 3 aromatic rings. The van der Waals surface area contributed by atoms with Crippen molar-refractivity contribution in [1.82, 2.24) is 20.0 Å². The zero-order valence-electron chi connectivity index (χ0n) is 16.6. The molecule has 6 heteroatoms. The summed E-state index contributed by atoms with van der Waals surface area (Å²) in [5, 5.41) is 7.55. The molecule has 0 radical (unpaired) electrons. The van der Waals surface area contributed by atoms with E-state index in [2.05, 4.69) is 46.5 Å². The van der Waals surface area contributed by atoms with Gasteiger partial charge in [-0.25, -0.2) is 4.68 Å². The maximum absolute atomic E-state index is 13.0. The summed E-state index contributed by atoms with van der Waals surface area (Å²) >= 11 is 0. The van der Waals surface area contributed by atoms with E-state index < -0.39 is 0 Å². The van der Waals surface area contributed by atoms with Crippen molar-refractivity contribution < 1.29 is 9.53 Å². The van der Waals surface area contributed by atoms with Gasteiger partial charge in [-0.2, -0.15) is 5.10 Å². The monoisotopic (exact) mass is 390 g/mol. The Bertz CT molecular complexity index is 931. The van der Waals surface area contributed by atoms with Crippen molar-refractivity contribution in [2.24, 2.45) is 0 Å². The minimum absolute atomic E-state index is 0.0960. The maximum Gasteiger partial charge on any atom is 0.255 e. The standard InChI is InChI=1S/C23H26N4O2/c1-18-7-9-19(10-8-18)22(17-26-11-13-29-14-12-26)25-23(28)20-15-24-27(16-20)21-5-3-2-4-6-21/h2-10,15-16,22H,11-14,17H2,1H3,(H,25,28). The van der Waals surface area contributed by atoms with Crippen LogP contribution in [-0.2, 0) is 4.74 Å².